The van der Waals surface area contributed by atoms with E-state index >= 15 is 0 Å². The maximum atomic E-state index is 9.72. The van der Waals surface area contributed by atoms with E-state index < -0.39 is 30.7 Å². The number of hydrogen-bond acceptors (Lipinski definition) is 5. The zero-order valence-corrected chi connectivity index (χ0v) is 9.00. The van der Waals surface area contributed by atoms with Gasteiger partial charge in [0.1, 0.15) is 18.3 Å². The number of ether oxygens (including phenoxy) is 3. The summed E-state index contributed by atoms with van der Waals surface area (Å²) < 4.78 is 15.7. The van der Waals surface area contributed by atoms with Gasteiger partial charge < -0.3 is 24.4 Å². The molecule has 0 saturated carbocycles. The quantitative estimate of drug-likeness (QED) is 0.632. The molecule has 1 heterocycles. The monoisotopic (exact) mass is 218 g/mol. The van der Waals surface area contributed by atoms with Crippen LogP contribution in [0.5, 0.6) is 0 Å². The van der Waals surface area contributed by atoms with E-state index in [1.165, 1.54) is 7.11 Å². The first-order valence-corrected chi connectivity index (χ1v) is 4.88. The third-order valence-corrected chi connectivity index (χ3v) is 2.43. The SMILES string of the molecule is C=CCOC1OC(C)C(O)C(O)C1OC. The second-order valence-corrected chi connectivity index (χ2v) is 3.51. The molecular weight excluding hydrogens is 200 g/mol. The Bertz CT molecular complexity index is 208. The number of aliphatic hydroxyl groups is 2. The first-order valence-electron chi connectivity index (χ1n) is 4.88. The van der Waals surface area contributed by atoms with E-state index in [1.54, 1.807) is 13.0 Å². The molecule has 0 spiro atoms. The van der Waals surface area contributed by atoms with Gasteiger partial charge in [0.2, 0.25) is 0 Å². The fourth-order valence-electron chi connectivity index (χ4n) is 1.55. The number of hydrogen-bond donors (Lipinski definition) is 2. The van der Waals surface area contributed by atoms with E-state index in [1.807, 2.05) is 0 Å². The van der Waals surface area contributed by atoms with Crippen LogP contribution in [-0.2, 0) is 14.2 Å². The zero-order chi connectivity index (χ0) is 11.4. The highest BCUT2D eigenvalue weighted by Gasteiger charge is 2.43. The Kier molecular flexibility index (Phi) is 4.69. The van der Waals surface area contributed by atoms with Crippen LogP contribution in [0, 0.1) is 0 Å². The molecule has 1 rings (SSSR count). The smallest absolute Gasteiger partial charge is 0.187 e. The van der Waals surface area contributed by atoms with Crippen LogP contribution < -0.4 is 0 Å². The maximum absolute atomic E-state index is 9.72. The highest BCUT2D eigenvalue weighted by atomic mass is 16.7. The molecule has 0 radical (unpaired) electrons. The van der Waals surface area contributed by atoms with Crippen LogP contribution in [0.4, 0.5) is 0 Å². The molecule has 0 amide bonds. The molecule has 5 atom stereocenters. The van der Waals surface area contributed by atoms with Crippen molar-refractivity contribution in [1.29, 1.82) is 0 Å². The lowest BCUT2D eigenvalue weighted by Gasteiger charge is -2.40. The molecule has 1 aliphatic rings. The fraction of sp³-hybridized carbons (Fsp3) is 0.800. The van der Waals surface area contributed by atoms with Gasteiger partial charge in [0.05, 0.1) is 12.7 Å². The van der Waals surface area contributed by atoms with Crippen LogP contribution in [0.25, 0.3) is 0 Å². The van der Waals surface area contributed by atoms with Gasteiger partial charge in [0.15, 0.2) is 6.29 Å². The minimum Gasteiger partial charge on any atom is -0.388 e. The highest BCUT2D eigenvalue weighted by molar-refractivity contribution is 4.88. The van der Waals surface area contributed by atoms with Crippen LogP contribution in [0.3, 0.4) is 0 Å². The summed E-state index contributed by atoms with van der Waals surface area (Å²) in [7, 11) is 1.43. The lowest BCUT2D eigenvalue weighted by atomic mass is 10.00. The summed E-state index contributed by atoms with van der Waals surface area (Å²) in [6.07, 6.45) is -2.23. The molecular formula is C10H18O5. The van der Waals surface area contributed by atoms with Crippen molar-refractivity contribution in [2.75, 3.05) is 13.7 Å². The molecule has 0 bridgehead atoms. The van der Waals surface area contributed by atoms with Crippen LogP contribution >= 0.6 is 0 Å². The van der Waals surface area contributed by atoms with Gasteiger partial charge in [-0.3, -0.25) is 0 Å². The summed E-state index contributed by atoms with van der Waals surface area (Å²) in [6.45, 7) is 5.49. The van der Waals surface area contributed by atoms with Crippen LogP contribution in [0.15, 0.2) is 12.7 Å². The van der Waals surface area contributed by atoms with Crippen molar-refractivity contribution in [3.63, 3.8) is 0 Å². The Hall–Kier alpha value is -0.460. The molecule has 0 aromatic heterocycles. The molecule has 5 nitrogen and oxygen atoms in total. The first kappa shape index (κ1) is 12.6. The van der Waals surface area contributed by atoms with Crippen molar-refractivity contribution in [3.8, 4) is 0 Å². The summed E-state index contributed by atoms with van der Waals surface area (Å²) in [5.41, 5.74) is 0. The van der Waals surface area contributed by atoms with Crippen LogP contribution in [0.1, 0.15) is 6.92 Å². The zero-order valence-electron chi connectivity index (χ0n) is 9.00. The molecule has 88 valence electrons. The van der Waals surface area contributed by atoms with Crippen molar-refractivity contribution < 1.29 is 24.4 Å². The number of methoxy groups -OCH3 is 1. The average Bonchev–Trinajstić information content (AvgIpc) is 2.23. The van der Waals surface area contributed by atoms with Gasteiger partial charge >= 0.3 is 0 Å². The minimum absolute atomic E-state index is 0.306. The lowest BCUT2D eigenvalue weighted by molar-refractivity contribution is -0.295. The summed E-state index contributed by atoms with van der Waals surface area (Å²) in [4.78, 5) is 0. The molecule has 2 N–H and O–H groups in total. The summed E-state index contributed by atoms with van der Waals surface area (Å²) >= 11 is 0. The predicted molar refractivity (Wildman–Crippen MR) is 53.3 cm³/mol. The van der Waals surface area contributed by atoms with Gasteiger partial charge in [-0.25, -0.2) is 0 Å². The molecule has 0 aromatic rings. The standard InChI is InChI=1S/C10H18O5/c1-4-5-14-10-9(13-3)8(12)7(11)6(2)15-10/h4,6-12H,1,5H2,2-3H3. The molecule has 1 saturated heterocycles. The minimum atomic E-state index is -1.01. The molecule has 5 heteroatoms. The summed E-state index contributed by atoms with van der Waals surface area (Å²) in [5.74, 6) is 0. The Morgan fingerprint density at radius 2 is 2.07 bits per heavy atom. The molecule has 1 fully saturated rings. The largest absolute Gasteiger partial charge is 0.388 e. The number of rotatable bonds is 4. The molecule has 5 unspecified atom stereocenters. The van der Waals surface area contributed by atoms with E-state index in [4.69, 9.17) is 14.2 Å². The lowest BCUT2D eigenvalue weighted by Crippen LogP contribution is -2.58. The topological polar surface area (TPSA) is 68.2 Å². The van der Waals surface area contributed by atoms with E-state index in [-0.39, 0.29) is 0 Å². The van der Waals surface area contributed by atoms with Crippen molar-refractivity contribution >= 4 is 0 Å². The van der Waals surface area contributed by atoms with Crippen LogP contribution in [0.2, 0.25) is 0 Å². The van der Waals surface area contributed by atoms with Gasteiger partial charge in [-0.2, -0.15) is 0 Å². The van der Waals surface area contributed by atoms with E-state index in [2.05, 4.69) is 6.58 Å². The average molecular weight is 218 g/mol. The predicted octanol–water partition coefficient (Wildman–Crippen LogP) is -0.329. The van der Waals surface area contributed by atoms with Gasteiger partial charge in [-0.15, -0.1) is 6.58 Å². The van der Waals surface area contributed by atoms with Crippen molar-refractivity contribution in [1.82, 2.24) is 0 Å². The van der Waals surface area contributed by atoms with Gasteiger partial charge in [-0.1, -0.05) is 6.08 Å². The Labute approximate surface area is 89.3 Å². The van der Waals surface area contributed by atoms with Crippen LogP contribution in [-0.4, -0.2) is 54.6 Å². The van der Waals surface area contributed by atoms with E-state index in [0.29, 0.717) is 6.61 Å². The molecule has 0 aromatic carbocycles. The van der Waals surface area contributed by atoms with Crippen molar-refractivity contribution in [2.24, 2.45) is 0 Å². The van der Waals surface area contributed by atoms with Gasteiger partial charge in [-0.05, 0) is 6.92 Å². The Morgan fingerprint density at radius 3 is 2.60 bits per heavy atom. The van der Waals surface area contributed by atoms with Gasteiger partial charge in [0.25, 0.3) is 0 Å². The molecule has 0 aliphatic carbocycles. The maximum Gasteiger partial charge on any atom is 0.187 e. The summed E-state index contributed by atoms with van der Waals surface area (Å²) in [6, 6.07) is 0. The van der Waals surface area contributed by atoms with Crippen molar-refractivity contribution in [3.05, 3.63) is 12.7 Å². The van der Waals surface area contributed by atoms with E-state index in [0.717, 1.165) is 0 Å². The number of aliphatic hydroxyl groups excluding tert-OH is 2. The fourth-order valence-corrected chi connectivity index (χ4v) is 1.55. The second kappa shape index (κ2) is 5.58. The second-order valence-electron chi connectivity index (χ2n) is 3.51. The third kappa shape index (κ3) is 2.76. The first-order chi connectivity index (χ1) is 7.11. The molecule has 15 heavy (non-hydrogen) atoms. The van der Waals surface area contributed by atoms with E-state index in [9.17, 15) is 10.2 Å². The van der Waals surface area contributed by atoms with Crippen molar-refractivity contribution in [2.45, 2.75) is 37.6 Å². The normalized spacial score (nSPS) is 41.5. The summed E-state index contributed by atoms with van der Waals surface area (Å²) in [5, 5.41) is 19.3. The molecule has 1 aliphatic heterocycles. The third-order valence-electron chi connectivity index (χ3n) is 2.43. The highest BCUT2D eigenvalue weighted by Crippen LogP contribution is 2.23. The Morgan fingerprint density at radius 1 is 1.40 bits per heavy atom. The Balaban J connectivity index is 2.64. The van der Waals surface area contributed by atoms with Gasteiger partial charge in [0, 0.05) is 7.11 Å².